The molecule has 8 N–H and O–H groups in total. The van der Waals surface area contributed by atoms with Gasteiger partial charge in [-0.25, -0.2) is 15.0 Å². The summed E-state index contributed by atoms with van der Waals surface area (Å²) >= 11 is 1.17. The molecule has 220 valence electrons. The Hall–Kier alpha value is -4.72. The number of nitrogens with zero attached hydrogens (tertiary/aromatic N) is 3. The highest BCUT2D eigenvalue weighted by Gasteiger charge is 2.49. The molecule has 2 unspecified atom stereocenters. The molecule has 43 heavy (non-hydrogen) atoms. The molecule has 0 bridgehead atoms. The second kappa shape index (κ2) is 10.8. The van der Waals surface area contributed by atoms with Crippen LogP contribution in [0.1, 0.15) is 57.2 Å². The van der Waals surface area contributed by atoms with E-state index < -0.39 is 17.4 Å². The molecule has 13 heteroatoms. The molecule has 3 heterocycles. The van der Waals surface area contributed by atoms with Crippen molar-refractivity contribution >= 4 is 44.7 Å². The van der Waals surface area contributed by atoms with Gasteiger partial charge in [0.25, 0.3) is 5.91 Å². The molecule has 0 aliphatic heterocycles. The van der Waals surface area contributed by atoms with Gasteiger partial charge >= 0.3 is 6.01 Å². The number of carbonyl (C=O) groups is 3. The fraction of sp³-hybridized carbons (Fsp3) is 0.267. The van der Waals surface area contributed by atoms with Crippen LogP contribution in [0.2, 0.25) is 0 Å². The molecule has 2 aliphatic carbocycles. The second-order valence-electron chi connectivity index (χ2n) is 10.7. The molecule has 1 fully saturated rings. The number of hydrogen-bond donors (Lipinski definition) is 5. The summed E-state index contributed by atoms with van der Waals surface area (Å²) in [6, 6.07) is 5.10. The van der Waals surface area contributed by atoms with Gasteiger partial charge in [-0.15, -0.1) is 11.3 Å². The summed E-state index contributed by atoms with van der Waals surface area (Å²) in [7, 11) is 0. The van der Waals surface area contributed by atoms with Crippen molar-refractivity contribution in [2.45, 2.75) is 49.9 Å². The SMILES string of the molecule is C=CC(=O)N[C@H]1CCC[C@H]1NC(=O)c1sc2c(N)ccc3c2c1C(N)C(=O)C3(N)c1cnc(Oc2ncccn2)cc1C. The van der Waals surface area contributed by atoms with E-state index in [0.717, 1.165) is 12.8 Å². The van der Waals surface area contributed by atoms with Crippen molar-refractivity contribution in [3.63, 3.8) is 0 Å². The van der Waals surface area contributed by atoms with Gasteiger partial charge < -0.3 is 32.6 Å². The molecular weight excluding hydrogens is 568 g/mol. The Labute approximate surface area is 250 Å². The van der Waals surface area contributed by atoms with Crippen molar-refractivity contribution in [3.05, 3.63) is 82.6 Å². The number of carbonyl (C=O) groups excluding carboxylic acids is 3. The minimum absolute atomic E-state index is 0.126. The van der Waals surface area contributed by atoms with E-state index in [9.17, 15) is 14.4 Å². The van der Waals surface area contributed by atoms with E-state index in [2.05, 4.69) is 32.2 Å². The topological polar surface area (TPSA) is 201 Å². The van der Waals surface area contributed by atoms with Gasteiger partial charge in [0.2, 0.25) is 11.8 Å². The normalized spacial score (nSPS) is 22.8. The number of aromatic nitrogens is 3. The second-order valence-corrected chi connectivity index (χ2v) is 11.7. The number of nitrogens with one attached hydrogen (secondary N) is 2. The minimum atomic E-state index is -1.67. The number of hydrogen-bond acceptors (Lipinski definition) is 11. The third-order valence-electron chi connectivity index (χ3n) is 8.11. The van der Waals surface area contributed by atoms with Gasteiger partial charge in [0.1, 0.15) is 5.54 Å². The first kappa shape index (κ1) is 28.4. The molecule has 1 aromatic carbocycles. The number of anilines is 1. The first-order valence-corrected chi connectivity index (χ1v) is 14.5. The first-order valence-electron chi connectivity index (χ1n) is 13.7. The van der Waals surface area contributed by atoms with E-state index >= 15 is 0 Å². The average Bonchev–Trinajstić information content (AvgIpc) is 3.61. The molecule has 3 aromatic heterocycles. The van der Waals surface area contributed by atoms with Crippen molar-refractivity contribution in [2.75, 3.05) is 5.73 Å². The van der Waals surface area contributed by atoms with Gasteiger partial charge in [0.05, 0.1) is 15.6 Å². The highest BCUT2D eigenvalue weighted by molar-refractivity contribution is 7.21. The largest absolute Gasteiger partial charge is 0.405 e. The molecule has 1 saturated carbocycles. The van der Waals surface area contributed by atoms with E-state index in [-0.39, 0.29) is 35.8 Å². The van der Waals surface area contributed by atoms with Crippen molar-refractivity contribution in [3.8, 4) is 11.9 Å². The van der Waals surface area contributed by atoms with Gasteiger partial charge in [-0.1, -0.05) is 12.6 Å². The number of aryl methyl sites for hydroxylation is 1. The summed E-state index contributed by atoms with van der Waals surface area (Å²) in [6.45, 7) is 5.30. The Balaban J connectivity index is 1.40. The van der Waals surface area contributed by atoms with Gasteiger partial charge in [-0.2, -0.15) is 0 Å². The summed E-state index contributed by atoms with van der Waals surface area (Å²) < 4.78 is 6.28. The Kier molecular flexibility index (Phi) is 7.16. The quantitative estimate of drug-likeness (QED) is 0.155. The van der Waals surface area contributed by atoms with E-state index in [0.29, 0.717) is 49.3 Å². The zero-order valence-corrected chi connectivity index (χ0v) is 24.1. The number of ketones is 1. The minimum Gasteiger partial charge on any atom is -0.405 e. The first-order chi connectivity index (χ1) is 20.6. The molecule has 0 saturated heterocycles. The van der Waals surface area contributed by atoms with Crippen LogP contribution in [0.3, 0.4) is 0 Å². The van der Waals surface area contributed by atoms with Crippen LogP contribution in [-0.4, -0.2) is 44.6 Å². The lowest BCUT2D eigenvalue weighted by Gasteiger charge is -2.37. The lowest BCUT2D eigenvalue weighted by molar-refractivity contribution is -0.124. The Morgan fingerprint density at radius 3 is 2.56 bits per heavy atom. The Bertz CT molecular complexity index is 1790. The number of thiophene rings is 1. The smallest absolute Gasteiger partial charge is 0.323 e. The molecular formula is C30H30N8O4S. The molecule has 0 radical (unpaired) electrons. The third-order valence-corrected chi connectivity index (χ3v) is 9.37. The standard InChI is InChI=1S/C30H30N8O4S/c1-3-20(39)37-18-6-4-7-19(18)38-28(41)26-23-22-15(8-9-17(31)25(22)43-26)30(33,27(40)24(23)32)16-13-36-21(12-14(16)2)42-29-34-10-5-11-35-29/h3,5,8-13,18-19,24H,1,4,6-7,31-33H2,2H3,(H,37,39)(H,38,41)/t18-,19+,24?,30?/m0/s1. The fourth-order valence-corrected chi connectivity index (χ4v) is 7.24. The van der Waals surface area contributed by atoms with Crippen LogP contribution in [0.25, 0.3) is 10.1 Å². The maximum absolute atomic E-state index is 14.1. The maximum Gasteiger partial charge on any atom is 0.323 e. The van der Waals surface area contributed by atoms with Crippen LogP contribution in [-0.2, 0) is 15.1 Å². The fourth-order valence-electron chi connectivity index (χ4n) is 6.04. The zero-order valence-electron chi connectivity index (χ0n) is 23.3. The summed E-state index contributed by atoms with van der Waals surface area (Å²) in [4.78, 5) is 52.5. The predicted octanol–water partition coefficient (Wildman–Crippen LogP) is 2.51. The van der Waals surface area contributed by atoms with Gasteiger partial charge in [0, 0.05) is 58.9 Å². The molecule has 12 nitrogen and oxygen atoms in total. The predicted molar refractivity (Wildman–Crippen MR) is 161 cm³/mol. The third kappa shape index (κ3) is 4.71. The number of rotatable bonds is 7. The monoisotopic (exact) mass is 598 g/mol. The number of nitrogen functional groups attached to an aromatic ring is 1. The lowest BCUT2D eigenvalue weighted by atomic mass is 9.70. The lowest BCUT2D eigenvalue weighted by Crippen LogP contribution is -2.53. The molecule has 4 atom stereocenters. The van der Waals surface area contributed by atoms with Crippen molar-refractivity contribution < 1.29 is 19.1 Å². The van der Waals surface area contributed by atoms with Gasteiger partial charge in [-0.05, 0) is 55.5 Å². The molecule has 2 aliphatic rings. The molecule has 4 aromatic rings. The molecule has 6 rings (SSSR count). The van der Waals surface area contributed by atoms with Crippen LogP contribution >= 0.6 is 11.3 Å². The van der Waals surface area contributed by atoms with Gasteiger partial charge in [0.15, 0.2) is 5.78 Å². The number of benzene rings is 1. The highest BCUT2D eigenvalue weighted by Crippen LogP contribution is 2.50. The average molecular weight is 599 g/mol. The van der Waals surface area contributed by atoms with E-state index in [1.165, 1.54) is 23.6 Å². The van der Waals surface area contributed by atoms with Crippen LogP contribution in [0.4, 0.5) is 5.69 Å². The Morgan fingerprint density at radius 2 is 1.86 bits per heavy atom. The molecule has 2 amide bonds. The van der Waals surface area contributed by atoms with Crippen molar-refractivity contribution in [2.24, 2.45) is 11.5 Å². The number of pyridine rings is 1. The van der Waals surface area contributed by atoms with Gasteiger partial charge in [-0.3, -0.25) is 14.4 Å². The Morgan fingerprint density at radius 1 is 1.14 bits per heavy atom. The van der Waals surface area contributed by atoms with Crippen molar-refractivity contribution in [1.82, 2.24) is 25.6 Å². The van der Waals surface area contributed by atoms with Crippen molar-refractivity contribution in [1.29, 1.82) is 0 Å². The van der Waals surface area contributed by atoms with Crippen LogP contribution in [0.5, 0.6) is 11.9 Å². The summed E-state index contributed by atoms with van der Waals surface area (Å²) in [5.41, 5.74) is 20.7. The van der Waals surface area contributed by atoms with Crippen LogP contribution in [0.15, 0.2) is 55.5 Å². The highest BCUT2D eigenvalue weighted by atomic mass is 32.1. The van der Waals surface area contributed by atoms with Crippen LogP contribution in [0, 0.1) is 6.92 Å². The number of Topliss-reactive ketones (excluding diaryl/α,β-unsaturated/α-hetero) is 1. The summed E-state index contributed by atoms with van der Waals surface area (Å²) in [5, 5.41) is 6.52. The summed E-state index contributed by atoms with van der Waals surface area (Å²) in [5.74, 6) is -0.942. The molecule has 0 spiro atoms. The zero-order chi connectivity index (χ0) is 30.5. The number of nitrogens with two attached hydrogens (primary N) is 3. The number of amides is 2. The van der Waals surface area contributed by atoms with E-state index in [1.54, 1.807) is 43.6 Å². The van der Waals surface area contributed by atoms with E-state index in [4.69, 9.17) is 21.9 Å². The summed E-state index contributed by atoms with van der Waals surface area (Å²) in [6.07, 6.45) is 8.05. The maximum atomic E-state index is 14.1. The van der Waals surface area contributed by atoms with E-state index in [1.807, 2.05) is 0 Å². The number of ether oxygens (including phenoxy) is 1. The van der Waals surface area contributed by atoms with Crippen LogP contribution < -0.4 is 32.6 Å².